The van der Waals surface area contributed by atoms with Gasteiger partial charge < -0.3 is 9.47 Å². The summed E-state index contributed by atoms with van der Waals surface area (Å²) in [6, 6.07) is 17.6. The molecule has 1 aliphatic heterocycles. The van der Waals surface area contributed by atoms with E-state index < -0.39 is 0 Å². The Morgan fingerprint density at radius 1 is 1.03 bits per heavy atom. The van der Waals surface area contributed by atoms with E-state index in [-0.39, 0.29) is 11.7 Å². The van der Waals surface area contributed by atoms with Crippen LogP contribution in [0.2, 0.25) is 0 Å². The first-order valence-electron chi connectivity index (χ1n) is 10.7. The van der Waals surface area contributed by atoms with Crippen molar-refractivity contribution in [2.24, 2.45) is 0 Å². The van der Waals surface area contributed by atoms with E-state index >= 15 is 0 Å². The highest BCUT2D eigenvalue weighted by Crippen LogP contribution is 2.40. The number of ketones is 1. The van der Waals surface area contributed by atoms with Crippen molar-refractivity contribution in [2.45, 2.75) is 43.3 Å². The zero-order valence-electron chi connectivity index (χ0n) is 17.2. The van der Waals surface area contributed by atoms with Gasteiger partial charge in [-0.15, -0.1) is 10.2 Å². The lowest BCUT2D eigenvalue weighted by atomic mass is 10.1. The maximum atomic E-state index is 12.8. The summed E-state index contributed by atoms with van der Waals surface area (Å²) in [6.07, 6.45) is 3.80. The number of hydrogen-bond acceptors (Lipinski definition) is 5. The Balaban J connectivity index is 1.27. The van der Waals surface area contributed by atoms with Gasteiger partial charge in [-0.1, -0.05) is 42.1 Å². The summed E-state index contributed by atoms with van der Waals surface area (Å²) in [6.45, 7) is 1.47. The fraction of sp³-hybridized carbons (Fsp3) is 0.333. The molecule has 6 nitrogen and oxygen atoms in total. The van der Waals surface area contributed by atoms with Crippen LogP contribution in [-0.2, 0) is 11.3 Å². The summed E-state index contributed by atoms with van der Waals surface area (Å²) in [5.74, 6) is 2.02. The standard InChI is InChI=1S/C24H24N4O2S/c29-21(18-10-12-20(13-11-18)27-14-4-7-22(27)30)16-31-24-26-25-23(19-8-9-19)28(24)15-17-5-2-1-3-6-17/h1-3,5-6,10-13,19H,4,7-9,14-16H2. The maximum absolute atomic E-state index is 12.8. The molecule has 1 saturated carbocycles. The molecule has 0 radical (unpaired) electrons. The molecule has 7 heteroatoms. The van der Waals surface area contributed by atoms with E-state index in [1.54, 1.807) is 4.90 Å². The Labute approximate surface area is 185 Å². The molecule has 2 aliphatic rings. The van der Waals surface area contributed by atoms with Gasteiger partial charge in [0.05, 0.1) is 12.3 Å². The van der Waals surface area contributed by atoms with Crippen molar-refractivity contribution in [1.29, 1.82) is 0 Å². The van der Waals surface area contributed by atoms with Crippen molar-refractivity contribution in [3.05, 3.63) is 71.5 Å². The first-order chi connectivity index (χ1) is 15.2. The third kappa shape index (κ3) is 4.42. The van der Waals surface area contributed by atoms with Crippen molar-refractivity contribution in [1.82, 2.24) is 14.8 Å². The topological polar surface area (TPSA) is 68.1 Å². The molecule has 0 spiro atoms. The lowest BCUT2D eigenvalue weighted by Crippen LogP contribution is -2.23. The van der Waals surface area contributed by atoms with Crippen molar-refractivity contribution in [3.8, 4) is 0 Å². The third-order valence-electron chi connectivity index (χ3n) is 5.78. The predicted molar refractivity (Wildman–Crippen MR) is 121 cm³/mol. The first kappa shape index (κ1) is 20.0. The molecule has 0 atom stereocenters. The van der Waals surface area contributed by atoms with Crippen LogP contribution in [0.1, 0.15) is 53.3 Å². The number of hydrogen-bond donors (Lipinski definition) is 0. The van der Waals surface area contributed by atoms with Gasteiger partial charge in [-0.3, -0.25) is 9.59 Å². The number of aromatic nitrogens is 3. The normalized spacial score (nSPS) is 16.1. The van der Waals surface area contributed by atoms with Crippen molar-refractivity contribution < 1.29 is 9.59 Å². The van der Waals surface area contributed by atoms with Gasteiger partial charge in [0.1, 0.15) is 5.82 Å². The van der Waals surface area contributed by atoms with Gasteiger partial charge >= 0.3 is 0 Å². The molecule has 2 heterocycles. The SMILES string of the molecule is O=C(CSc1nnc(C2CC2)n1Cc1ccccc1)c1ccc(N2CCCC2=O)cc1. The summed E-state index contributed by atoms with van der Waals surface area (Å²) < 4.78 is 2.16. The largest absolute Gasteiger partial charge is 0.312 e. The predicted octanol–water partition coefficient (Wildman–Crippen LogP) is 4.31. The van der Waals surface area contributed by atoms with Gasteiger partial charge in [0.15, 0.2) is 10.9 Å². The molecule has 1 aliphatic carbocycles. The second kappa shape index (κ2) is 8.67. The number of carbonyl (C=O) groups excluding carboxylic acids is 2. The van der Waals surface area contributed by atoms with Crippen LogP contribution in [0.15, 0.2) is 59.8 Å². The molecule has 0 bridgehead atoms. The summed E-state index contributed by atoms with van der Waals surface area (Å²) in [4.78, 5) is 26.5. The van der Waals surface area contributed by atoms with Crippen LogP contribution in [0.4, 0.5) is 5.69 Å². The number of amides is 1. The number of Topliss-reactive ketones (excluding diaryl/α,β-unsaturated/α-hetero) is 1. The fourth-order valence-corrected chi connectivity index (χ4v) is 4.77. The molecule has 0 N–H and O–H groups in total. The van der Waals surface area contributed by atoms with Crippen molar-refractivity contribution >= 4 is 29.1 Å². The van der Waals surface area contributed by atoms with E-state index in [1.807, 2.05) is 42.5 Å². The van der Waals surface area contributed by atoms with Crippen LogP contribution < -0.4 is 4.90 Å². The van der Waals surface area contributed by atoms with E-state index in [4.69, 9.17) is 0 Å². The van der Waals surface area contributed by atoms with Gasteiger partial charge in [-0.05, 0) is 49.1 Å². The highest BCUT2D eigenvalue weighted by Gasteiger charge is 2.30. The molecule has 1 saturated heterocycles. The summed E-state index contributed by atoms with van der Waals surface area (Å²) in [7, 11) is 0. The molecule has 31 heavy (non-hydrogen) atoms. The third-order valence-corrected chi connectivity index (χ3v) is 6.74. The number of thioether (sulfide) groups is 1. The van der Waals surface area contributed by atoms with Crippen LogP contribution in [0.25, 0.3) is 0 Å². The quantitative estimate of drug-likeness (QED) is 0.392. The van der Waals surface area contributed by atoms with E-state index in [2.05, 4.69) is 26.9 Å². The molecule has 158 valence electrons. The zero-order valence-corrected chi connectivity index (χ0v) is 18.1. The van der Waals surface area contributed by atoms with Gasteiger partial charge in [-0.2, -0.15) is 0 Å². The van der Waals surface area contributed by atoms with Gasteiger partial charge in [-0.25, -0.2) is 0 Å². The average Bonchev–Trinajstić information content (AvgIpc) is 3.44. The molecule has 0 unspecified atom stereocenters. The Bertz CT molecular complexity index is 1090. The minimum atomic E-state index is 0.0477. The van der Waals surface area contributed by atoms with E-state index in [0.717, 1.165) is 49.0 Å². The van der Waals surface area contributed by atoms with Crippen LogP contribution in [0.5, 0.6) is 0 Å². The number of benzene rings is 2. The zero-order chi connectivity index (χ0) is 21.2. The lowest BCUT2D eigenvalue weighted by molar-refractivity contribution is -0.117. The van der Waals surface area contributed by atoms with Crippen molar-refractivity contribution in [2.75, 3.05) is 17.2 Å². The lowest BCUT2D eigenvalue weighted by Gasteiger charge is -2.15. The number of rotatable bonds is 8. The first-order valence-corrected chi connectivity index (χ1v) is 11.7. The number of anilines is 1. The molecule has 2 aromatic carbocycles. The second-order valence-electron chi connectivity index (χ2n) is 8.09. The van der Waals surface area contributed by atoms with E-state index in [1.165, 1.54) is 17.3 Å². The van der Waals surface area contributed by atoms with Gasteiger partial charge in [0.2, 0.25) is 5.91 Å². The minimum absolute atomic E-state index is 0.0477. The Kier molecular flexibility index (Phi) is 5.59. The average molecular weight is 433 g/mol. The molecule has 5 rings (SSSR count). The summed E-state index contributed by atoms with van der Waals surface area (Å²) in [5, 5.41) is 9.61. The van der Waals surface area contributed by atoms with Crippen LogP contribution in [-0.4, -0.2) is 38.8 Å². The second-order valence-corrected chi connectivity index (χ2v) is 9.04. The van der Waals surface area contributed by atoms with Crippen LogP contribution >= 0.6 is 11.8 Å². The number of carbonyl (C=O) groups is 2. The molecular formula is C24H24N4O2S. The highest BCUT2D eigenvalue weighted by molar-refractivity contribution is 7.99. The van der Waals surface area contributed by atoms with Crippen LogP contribution in [0, 0.1) is 0 Å². The Morgan fingerprint density at radius 2 is 1.81 bits per heavy atom. The molecule has 1 aromatic heterocycles. The maximum Gasteiger partial charge on any atom is 0.227 e. The highest BCUT2D eigenvalue weighted by atomic mass is 32.2. The van der Waals surface area contributed by atoms with E-state index in [0.29, 0.717) is 23.7 Å². The van der Waals surface area contributed by atoms with Crippen molar-refractivity contribution in [3.63, 3.8) is 0 Å². The smallest absolute Gasteiger partial charge is 0.227 e. The summed E-state index contributed by atoms with van der Waals surface area (Å²) >= 11 is 1.44. The Hall–Kier alpha value is -2.93. The molecule has 1 amide bonds. The number of nitrogens with zero attached hydrogens (tertiary/aromatic N) is 4. The van der Waals surface area contributed by atoms with E-state index in [9.17, 15) is 9.59 Å². The molecule has 3 aromatic rings. The molecule has 2 fully saturated rings. The van der Waals surface area contributed by atoms with Crippen LogP contribution in [0.3, 0.4) is 0 Å². The molecular weight excluding hydrogens is 408 g/mol. The Morgan fingerprint density at radius 3 is 2.48 bits per heavy atom. The van der Waals surface area contributed by atoms with Gasteiger partial charge in [0.25, 0.3) is 0 Å². The van der Waals surface area contributed by atoms with Gasteiger partial charge in [0, 0.05) is 30.1 Å². The summed E-state index contributed by atoms with van der Waals surface area (Å²) in [5.41, 5.74) is 2.72. The minimum Gasteiger partial charge on any atom is -0.312 e. The fourth-order valence-electron chi connectivity index (χ4n) is 3.93. The monoisotopic (exact) mass is 432 g/mol.